The summed E-state index contributed by atoms with van der Waals surface area (Å²) in [7, 11) is 3.18. The number of esters is 1. The maximum absolute atomic E-state index is 11.4. The summed E-state index contributed by atoms with van der Waals surface area (Å²) in [4.78, 5) is 13.3. The number of nitrogens with zero attached hydrogens (tertiary/aromatic N) is 1. The van der Waals surface area contributed by atoms with E-state index in [-0.39, 0.29) is 5.76 Å². The zero-order valence-corrected chi connectivity index (χ0v) is 10.7. The molecule has 0 aromatic carbocycles. The first-order valence-corrected chi connectivity index (χ1v) is 5.39. The molecule has 0 amide bonds. The van der Waals surface area contributed by atoms with Gasteiger partial charge in [-0.2, -0.15) is 0 Å². The molecule has 1 heterocycles. The number of likely N-dealkylation sites (N-methyl/N-ethyl adjacent to an activating group) is 1. The molecular weight excluding hydrogens is 222 g/mol. The molecule has 1 aromatic rings. The highest BCUT2D eigenvalue weighted by molar-refractivity contribution is 5.87. The van der Waals surface area contributed by atoms with E-state index in [4.69, 9.17) is 4.42 Å². The van der Waals surface area contributed by atoms with E-state index < -0.39 is 11.6 Å². The molecule has 0 saturated heterocycles. The Morgan fingerprint density at radius 1 is 1.59 bits per heavy atom. The number of hydrogen-bond acceptors (Lipinski definition) is 5. The fraction of sp³-hybridized carbons (Fsp3) is 0.583. The van der Waals surface area contributed by atoms with Crippen LogP contribution in [0.2, 0.25) is 0 Å². The molecule has 0 atom stereocenters. The van der Waals surface area contributed by atoms with Gasteiger partial charge in [-0.3, -0.25) is 4.90 Å². The van der Waals surface area contributed by atoms with Crippen molar-refractivity contribution in [3.63, 3.8) is 0 Å². The van der Waals surface area contributed by atoms with E-state index in [0.717, 1.165) is 5.56 Å². The molecule has 0 spiro atoms. The first-order valence-electron chi connectivity index (χ1n) is 5.39. The summed E-state index contributed by atoms with van der Waals surface area (Å²) >= 11 is 0. The number of carbonyl (C=O) groups is 1. The summed E-state index contributed by atoms with van der Waals surface area (Å²) in [5.74, 6) is -0.267. The summed E-state index contributed by atoms with van der Waals surface area (Å²) in [5.41, 5.74) is -0.0206. The number of carbonyl (C=O) groups excluding carboxylic acids is 1. The fourth-order valence-corrected chi connectivity index (χ4v) is 1.74. The zero-order chi connectivity index (χ0) is 13.1. The normalized spacial score (nSPS) is 11.9. The van der Waals surface area contributed by atoms with Crippen LogP contribution in [-0.4, -0.2) is 42.3 Å². The molecule has 1 aromatic heterocycles. The Morgan fingerprint density at radius 3 is 2.76 bits per heavy atom. The molecule has 0 saturated carbocycles. The summed E-state index contributed by atoms with van der Waals surface area (Å²) in [5, 5.41) is 9.68. The van der Waals surface area contributed by atoms with Crippen LogP contribution in [0.25, 0.3) is 0 Å². The Morgan fingerprint density at radius 2 is 2.24 bits per heavy atom. The Balaban J connectivity index is 2.69. The van der Waals surface area contributed by atoms with Crippen molar-refractivity contribution in [2.75, 3.05) is 20.7 Å². The number of rotatable bonds is 5. The average Bonchev–Trinajstić information content (AvgIpc) is 2.61. The van der Waals surface area contributed by atoms with E-state index in [9.17, 15) is 9.90 Å². The SMILES string of the molecule is COC(=O)c1occc1CN(C)CC(C)(C)O. The van der Waals surface area contributed by atoms with Crippen LogP contribution in [0.4, 0.5) is 0 Å². The summed E-state index contributed by atoms with van der Waals surface area (Å²) in [6.45, 7) is 4.49. The molecule has 5 nitrogen and oxygen atoms in total. The molecule has 0 unspecified atom stereocenters. The third kappa shape index (κ3) is 4.20. The minimum absolute atomic E-state index is 0.218. The van der Waals surface area contributed by atoms with Crippen molar-refractivity contribution in [1.29, 1.82) is 0 Å². The average molecular weight is 241 g/mol. The predicted molar refractivity (Wildman–Crippen MR) is 62.7 cm³/mol. The molecule has 0 radical (unpaired) electrons. The lowest BCUT2D eigenvalue weighted by Gasteiger charge is -2.25. The molecule has 0 bridgehead atoms. The van der Waals surface area contributed by atoms with Gasteiger partial charge in [0.1, 0.15) is 0 Å². The number of ether oxygens (including phenoxy) is 1. The Hall–Kier alpha value is -1.33. The second kappa shape index (κ2) is 5.33. The van der Waals surface area contributed by atoms with Crippen molar-refractivity contribution in [2.45, 2.75) is 26.0 Å². The van der Waals surface area contributed by atoms with Crippen LogP contribution in [0.15, 0.2) is 16.7 Å². The third-order valence-electron chi connectivity index (χ3n) is 2.21. The summed E-state index contributed by atoms with van der Waals surface area (Å²) in [6, 6.07) is 1.73. The molecule has 5 heteroatoms. The Labute approximate surface area is 101 Å². The lowest BCUT2D eigenvalue weighted by molar-refractivity contribution is 0.0420. The maximum atomic E-state index is 11.4. The number of furan rings is 1. The second-order valence-corrected chi connectivity index (χ2v) is 4.75. The van der Waals surface area contributed by atoms with Crippen molar-refractivity contribution in [3.8, 4) is 0 Å². The van der Waals surface area contributed by atoms with Crippen molar-refractivity contribution in [3.05, 3.63) is 23.7 Å². The Bertz CT molecular complexity index is 378. The topological polar surface area (TPSA) is 62.9 Å². The van der Waals surface area contributed by atoms with Gasteiger partial charge in [0.2, 0.25) is 5.76 Å². The van der Waals surface area contributed by atoms with E-state index in [2.05, 4.69) is 4.74 Å². The molecule has 0 aliphatic rings. The molecular formula is C12H19NO4. The lowest BCUT2D eigenvalue weighted by Crippen LogP contribution is -2.36. The van der Waals surface area contributed by atoms with Crippen LogP contribution in [0.1, 0.15) is 30.0 Å². The van der Waals surface area contributed by atoms with Crippen LogP contribution < -0.4 is 0 Å². The van der Waals surface area contributed by atoms with Gasteiger partial charge in [0, 0.05) is 18.7 Å². The van der Waals surface area contributed by atoms with Gasteiger partial charge in [0.05, 0.1) is 19.0 Å². The summed E-state index contributed by atoms with van der Waals surface area (Å²) < 4.78 is 9.70. The molecule has 96 valence electrons. The van der Waals surface area contributed by atoms with Gasteiger partial charge in [-0.05, 0) is 27.0 Å². The lowest BCUT2D eigenvalue weighted by atomic mass is 10.1. The molecule has 0 fully saturated rings. The first kappa shape index (κ1) is 13.7. The van der Waals surface area contributed by atoms with Crippen molar-refractivity contribution >= 4 is 5.97 Å². The minimum atomic E-state index is -0.774. The van der Waals surface area contributed by atoms with Crippen LogP contribution in [0.3, 0.4) is 0 Å². The highest BCUT2D eigenvalue weighted by Crippen LogP contribution is 2.15. The van der Waals surface area contributed by atoms with Gasteiger partial charge in [0.15, 0.2) is 0 Å². The fourth-order valence-electron chi connectivity index (χ4n) is 1.74. The second-order valence-electron chi connectivity index (χ2n) is 4.75. The van der Waals surface area contributed by atoms with Gasteiger partial charge in [-0.25, -0.2) is 4.79 Å². The molecule has 0 aliphatic heterocycles. The van der Waals surface area contributed by atoms with Crippen molar-refractivity contribution < 1.29 is 19.1 Å². The smallest absolute Gasteiger partial charge is 0.374 e. The van der Waals surface area contributed by atoms with Crippen molar-refractivity contribution in [1.82, 2.24) is 4.90 Å². The number of hydrogen-bond donors (Lipinski definition) is 1. The van der Waals surface area contributed by atoms with Crippen LogP contribution in [0.5, 0.6) is 0 Å². The predicted octanol–water partition coefficient (Wildman–Crippen LogP) is 1.27. The van der Waals surface area contributed by atoms with Gasteiger partial charge in [0.25, 0.3) is 0 Å². The summed E-state index contributed by atoms with van der Waals surface area (Å²) in [6.07, 6.45) is 1.46. The van der Waals surface area contributed by atoms with E-state index >= 15 is 0 Å². The van der Waals surface area contributed by atoms with Gasteiger partial charge >= 0.3 is 5.97 Å². The van der Waals surface area contributed by atoms with Crippen LogP contribution >= 0.6 is 0 Å². The maximum Gasteiger partial charge on any atom is 0.374 e. The van der Waals surface area contributed by atoms with Gasteiger partial charge < -0.3 is 14.3 Å². The quantitative estimate of drug-likeness (QED) is 0.786. The van der Waals surface area contributed by atoms with E-state index in [1.54, 1.807) is 19.9 Å². The van der Waals surface area contributed by atoms with Crippen LogP contribution in [-0.2, 0) is 11.3 Å². The molecule has 0 aliphatic carbocycles. The zero-order valence-electron chi connectivity index (χ0n) is 10.7. The molecule has 1 rings (SSSR count). The molecule has 17 heavy (non-hydrogen) atoms. The third-order valence-corrected chi connectivity index (χ3v) is 2.21. The largest absolute Gasteiger partial charge is 0.463 e. The van der Waals surface area contributed by atoms with Crippen LogP contribution in [0, 0.1) is 0 Å². The van der Waals surface area contributed by atoms with Gasteiger partial charge in [-0.1, -0.05) is 0 Å². The first-order chi connectivity index (χ1) is 7.83. The van der Waals surface area contributed by atoms with E-state index in [0.29, 0.717) is 13.1 Å². The molecule has 1 N–H and O–H groups in total. The van der Waals surface area contributed by atoms with Gasteiger partial charge in [-0.15, -0.1) is 0 Å². The van der Waals surface area contributed by atoms with Crippen molar-refractivity contribution in [2.24, 2.45) is 0 Å². The van der Waals surface area contributed by atoms with E-state index in [1.165, 1.54) is 13.4 Å². The number of methoxy groups -OCH3 is 1. The Kier molecular flexibility index (Phi) is 4.31. The highest BCUT2D eigenvalue weighted by Gasteiger charge is 2.20. The standard InChI is InChI=1S/C12H19NO4/c1-12(2,15)8-13(3)7-9-5-6-17-10(9)11(14)16-4/h5-6,15H,7-8H2,1-4H3. The number of aliphatic hydroxyl groups is 1. The monoisotopic (exact) mass is 241 g/mol. The highest BCUT2D eigenvalue weighted by atomic mass is 16.5. The van der Waals surface area contributed by atoms with E-state index in [1.807, 2.05) is 11.9 Å². The minimum Gasteiger partial charge on any atom is -0.463 e.